The Morgan fingerprint density at radius 3 is 2.62 bits per heavy atom. The number of aryl methyl sites for hydroxylation is 1. The Kier molecular flexibility index (Phi) is 5.23. The lowest BCUT2D eigenvalue weighted by atomic mass is 9.91. The maximum Gasteiger partial charge on any atom is 0.111 e. The van der Waals surface area contributed by atoms with E-state index in [1.807, 2.05) is 49.4 Å². The molecule has 1 saturated heterocycles. The Morgan fingerprint density at radius 2 is 1.92 bits per heavy atom. The van der Waals surface area contributed by atoms with Crippen molar-refractivity contribution in [3.8, 4) is 11.1 Å². The molecule has 1 fully saturated rings. The Labute approximate surface area is 146 Å². The molecule has 3 rings (SSSR count). The number of ether oxygens (including phenoxy) is 1. The van der Waals surface area contributed by atoms with Crippen LogP contribution in [0.5, 0.6) is 0 Å². The van der Waals surface area contributed by atoms with Crippen LogP contribution in [0.1, 0.15) is 23.7 Å². The molecular weight excluding hydrogens is 328 g/mol. The van der Waals surface area contributed by atoms with Crippen LogP contribution in [0.4, 0.5) is 0 Å². The van der Waals surface area contributed by atoms with E-state index in [0.717, 1.165) is 22.3 Å². The molecule has 1 aliphatic heterocycles. The summed E-state index contributed by atoms with van der Waals surface area (Å²) in [5.74, 6) is 0. The monoisotopic (exact) mass is 348 g/mol. The second-order valence-corrected chi connectivity index (χ2v) is 6.73. The number of aliphatic hydroxyl groups excluding tert-OH is 3. The van der Waals surface area contributed by atoms with E-state index in [9.17, 15) is 15.3 Å². The Balaban J connectivity index is 1.95. The first-order valence-electron chi connectivity index (χ1n) is 7.98. The molecule has 2 aromatic carbocycles. The van der Waals surface area contributed by atoms with Gasteiger partial charge in [-0.3, -0.25) is 0 Å². The molecule has 0 saturated carbocycles. The summed E-state index contributed by atoms with van der Waals surface area (Å²) < 4.78 is 5.76. The lowest BCUT2D eigenvalue weighted by molar-refractivity contribution is -0.179. The fourth-order valence-corrected chi connectivity index (χ4v) is 3.44. The van der Waals surface area contributed by atoms with Crippen LogP contribution in [0.25, 0.3) is 11.1 Å². The SMILES string of the molecule is Cc1cc(Cl)cc(-c2cccc([C@H]3OC(CO)CC(O)C3O)c2)c1. The van der Waals surface area contributed by atoms with Crippen LogP contribution in [0.3, 0.4) is 0 Å². The third-order valence-corrected chi connectivity index (χ3v) is 4.56. The average Bonchev–Trinajstić information content (AvgIpc) is 2.56. The number of benzene rings is 2. The molecule has 4 atom stereocenters. The summed E-state index contributed by atoms with van der Waals surface area (Å²) in [6.45, 7) is 1.79. The lowest BCUT2D eigenvalue weighted by Crippen LogP contribution is -2.44. The third-order valence-electron chi connectivity index (χ3n) is 4.34. The predicted octanol–water partition coefficient (Wildman–Crippen LogP) is 2.86. The van der Waals surface area contributed by atoms with Crippen molar-refractivity contribution in [1.82, 2.24) is 0 Å². The van der Waals surface area contributed by atoms with E-state index in [1.54, 1.807) is 0 Å². The van der Waals surface area contributed by atoms with Crippen molar-refractivity contribution in [1.29, 1.82) is 0 Å². The standard InChI is InChI=1S/C19H21ClO4/c1-11-5-14(8-15(20)6-11)12-3-2-4-13(7-12)19-18(23)17(22)9-16(10-21)24-19/h2-8,16-19,21-23H,9-10H2,1H3/t16?,17?,18?,19-/m1/s1. The molecule has 2 aromatic rings. The highest BCUT2D eigenvalue weighted by Gasteiger charge is 2.37. The molecule has 0 aromatic heterocycles. The van der Waals surface area contributed by atoms with Gasteiger partial charge in [-0.25, -0.2) is 0 Å². The van der Waals surface area contributed by atoms with Crippen molar-refractivity contribution < 1.29 is 20.1 Å². The molecule has 128 valence electrons. The summed E-state index contributed by atoms with van der Waals surface area (Å²) in [6, 6.07) is 13.4. The first-order chi connectivity index (χ1) is 11.5. The third kappa shape index (κ3) is 3.63. The second kappa shape index (κ2) is 7.21. The molecule has 3 N–H and O–H groups in total. The number of rotatable bonds is 3. The second-order valence-electron chi connectivity index (χ2n) is 6.30. The van der Waals surface area contributed by atoms with Crippen LogP contribution < -0.4 is 0 Å². The smallest absolute Gasteiger partial charge is 0.111 e. The number of hydrogen-bond acceptors (Lipinski definition) is 4. The van der Waals surface area contributed by atoms with Crippen molar-refractivity contribution in [3.05, 3.63) is 58.6 Å². The van der Waals surface area contributed by atoms with Gasteiger partial charge in [-0.15, -0.1) is 0 Å². The zero-order chi connectivity index (χ0) is 17.3. The molecule has 0 radical (unpaired) electrons. The molecule has 3 unspecified atom stereocenters. The molecule has 1 aliphatic rings. The van der Waals surface area contributed by atoms with Gasteiger partial charge in [0.15, 0.2) is 0 Å². The normalized spacial score (nSPS) is 27.2. The zero-order valence-electron chi connectivity index (χ0n) is 13.4. The quantitative estimate of drug-likeness (QED) is 0.797. The topological polar surface area (TPSA) is 69.9 Å². The van der Waals surface area contributed by atoms with Crippen molar-refractivity contribution in [2.45, 2.75) is 37.8 Å². The van der Waals surface area contributed by atoms with E-state index in [4.69, 9.17) is 16.3 Å². The van der Waals surface area contributed by atoms with Crippen LogP contribution in [0.2, 0.25) is 5.02 Å². The molecular formula is C19H21ClO4. The fraction of sp³-hybridized carbons (Fsp3) is 0.368. The number of halogens is 1. The van der Waals surface area contributed by atoms with E-state index < -0.39 is 24.4 Å². The summed E-state index contributed by atoms with van der Waals surface area (Å²) in [7, 11) is 0. The van der Waals surface area contributed by atoms with Gasteiger partial charge in [0.2, 0.25) is 0 Å². The van der Waals surface area contributed by atoms with Gasteiger partial charge in [0.25, 0.3) is 0 Å². The van der Waals surface area contributed by atoms with Crippen LogP contribution >= 0.6 is 11.6 Å². The van der Waals surface area contributed by atoms with Crippen LogP contribution in [0, 0.1) is 6.92 Å². The molecule has 24 heavy (non-hydrogen) atoms. The largest absolute Gasteiger partial charge is 0.394 e. The van der Waals surface area contributed by atoms with Gasteiger partial charge >= 0.3 is 0 Å². The van der Waals surface area contributed by atoms with Gasteiger partial charge in [0, 0.05) is 11.4 Å². The number of hydrogen-bond donors (Lipinski definition) is 3. The van der Waals surface area contributed by atoms with Gasteiger partial charge < -0.3 is 20.1 Å². The predicted molar refractivity (Wildman–Crippen MR) is 93.0 cm³/mol. The fourth-order valence-electron chi connectivity index (χ4n) is 3.15. The highest BCUT2D eigenvalue weighted by Crippen LogP contribution is 2.34. The molecule has 0 aliphatic carbocycles. The molecule has 4 nitrogen and oxygen atoms in total. The minimum atomic E-state index is -1.02. The minimum Gasteiger partial charge on any atom is -0.394 e. The molecule has 0 amide bonds. The molecule has 0 bridgehead atoms. The van der Waals surface area contributed by atoms with E-state index >= 15 is 0 Å². The van der Waals surface area contributed by atoms with Gasteiger partial charge in [-0.2, -0.15) is 0 Å². The van der Waals surface area contributed by atoms with Gasteiger partial charge in [0.1, 0.15) is 12.2 Å². The van der Waals surface area contributed by atoms with Crippen molar-refractivity contribution in [2.75, 3.05) is 6.61 Å². The van der Waals surface area contributed by atoms with Crippen LogP contribution in [0.15, 0.2) is 42.5 Å². The van der Waals surface area contributed by atoms with E-state index in [1.165, 1.54) is 0 Å². The van der Waals surface area contributed by atoms with Crippen LogP contribution in [-0.4, -0.2) is 40.2 Å². The molecule has 1 heterocycles. The van der Waals surface area contributed by atoms with Gasteiger partial charge in [-0.05, 0) is 47.4 Å². The first-order valence-corrected chi connectivity index (χ1v) is 8.35. The lowest BCUT2D eigenvalue weighted by Gasteiger charge is -2.37. The number of aliphatic hydroxyl groups is 3. The summed E-state index contributed by atoms with van der Waals surface area (Å²) in [4.78, 5) is 0. The summed E-state index contributed by atoms with van der Waals surface area (Å²) in [5, 5.41) is 30.3. The Bertz CT molecular complexity index is 698. The first kappa shape index (κ1) is 17.4. The highest BCUT2D eigenvalue weighted by atomic mass is 35.5. The summed E-state index contributed by atoms with van der Waals surface area (Å²) in [6.07, 6.45) is -2.87. The zero-order valence-corrected chi connectivity index (χ0v) is 14.1. The highest BCUT2D eigenvalue weighted by molar-refractivity contribution is 6.30. The maximum atomic E-state index is 10.3. The minimum absolute atomic E-state index is 0.187. The summed E-state index contributed by atoms with van der Waals surface area (Å²) in [5.41, 5.74) is 3.75. The average molecular weight is 349 g/mol. The molecule has 5 heteroatoms. The van der Waals surface area contributed by atoms with Crippen molar-refractivity contribution in [2.24, 2.45) is 0 Å². The summed E-state index contributed by atoms with van der Waals surface area (Å²) >= 11 is 6.14. The van der Waals surface area contributed by atoms with Crippen molar-refractivity contribution in [3.63, 3.8) is 0 Å². The van der Waals surface area contributed by atoms with E-state index in [2.05, 4.69) is 0 Å². The maximum absolute atomic E-state index is 10.3. The van der Waals surface area contributed by atoms with Gasteiger partial charge in [-0.1, -0.05) is 35.9 Å². The van der Waals surface area contributed by atoms with Crippen molar-refractivity contribution >= 4 is 11.6 Å². The van der Waals surface area contributed by atoms with Crippen LogP contribution in [-0.2, 0) is 4.74 Å². The van der Waals surface area contributed by atoms with Gasteiger partial charge in [0.05, 0.1) is 18.8 Å². The molecule has 0 spiro atoms. The van der Waals surface area contributed by atoms with E-state index in [0.29, 0.717) is 5.02 Å². The Morgan fingerprint density at radius 1 is 1.12 bits per heavy atom. The Hall–Kier alpha value is -1.43. The van der Waals surface area contributed by atoms with E-state index in [-0.39, 0.29) is 13.0 Å².